The molecule has 0 saturated heterocycles. The first-order valence-electron chi connectivity index (χ1n) is 7.67. The fourth-order valence-electron chi connectivity index (χ4n) is 2.09. The molecule has 0 heterocycles. The van der Waals surface area contributed by atoms with Crippen molar-refractivity contribution in [1.82, 2.24) is 0 Å². The molecule has 0 aromatic heterocycles. The topological polar surface area (TPSA) is 156 Å². The predicted octanol–water partition coefficient (Wildman–Crippen LogP) is 2.13. The Labute approximate surface area is 169 Å². The van der Waals surface area contributed by atoms with Crippen molar-refractivity contribution in [2.45, 2.75) is 13.1 Å². The molecule has 2 aromatic carbocycles. The van der Waals surface area contributed by atoms with Crippen molar-refractivity contribution >= 4 is 42.1 Å². The number of amides is 1. The molecule has 0 aliphatic heterocycles. The number of nitrogens with zero attached hydrogens (tertiary/aromatic N) is 1. The van der Waals surface area contributed by atoms with Crippen LogP contribution in [0.5, 0.6) is 0 Å². The Morgan fingerprint density at radius 1 is 1.27 bits per heavy atom. The van der Waals surface area contributed by atoms with Crippen LogP contribution in [0.2, 0.25) is 0 Å². The number of hydrogen-bond donors (Lipinski definition) is 3. The molecular weight excluding hydrogens is 480 g/mol. The molecule has 3 N–H and O–H groups in total. The zero-order valence-corrected chi connectivity index (χ0v) is 16.9. The van der Waals surface area contributed by atoms with Crippen molar-refractivity contribution in [3.8, 4) is 0 Å². The SMILES string of the molecule is CC(=O)Nc1ccc([As](=O)(O)OO)c(C(F)(F)F)c1.O=Cc1ccccc1[N+](=O)[O-]. The Morgan fingerprint density at radius 2 is 1.87 bits per heavy atom. The van der Waals surface area contributed by atoms with E-state index in [0.717, 1.165) is 13.0 Å². The van der Waals surface area contributed by atoms with Crippen LogP contribution in [0.25, 0.3) is 0 Å². The van der Waals surface area contributed by atoms with Gasteiger partial charge < -0.3 is 0 Å². The van der Waals surface area contributed by atoms with E-state index in [1.807, 2.05) is 0 Å². The quantitative estimate of drug-likeness (QED) is 0.188. The number of halogens is 3. The second-order valence-electron chi connectivity index (χ2n) is 5.45. The van der Waals surface area contributed by atoms with Crippen LogP contribution in [-0.2, 0) is 18.6 Å². The molecular formula is C16H14AsF3N2O8. The number of alkyl halides is 3. The Hall–Kier alpha value is -2.99. The van der Waals surface area contributed by atoms with Gasteiger partial charge in [0.15, 0.2) is 6.29 Å². The number of benzene rings is 2. The van der Waals surface area contributed by atoms with Gasteiger partial charge in [-0.1, -0.05) is 12.1 Å². The Balaban J connectivity index is 0.000000346. The standard InChI is InChI=1S/C9H9AsF3NO5.C7H5NO3/c1-5(15)14-6-2-3-8(10(16,17)19-18)7(4-6)9(11,12)13;9-5-6-3-1-2-4-7(6)8(10)11/h2-4,18H,1H3,(H,14,15)(H,16,17);1-5H. The summed E-state index contributed by atoms with van der Waals surface area (Å²) in [5.41, 5.74) is -1.70. The first-order valence-corrected chi connectivity index (χ1v) is 11.0. The van der Waals surface area contributed by atoms with E-state index in [-0.39, 0.29) is 16.9 Å². The van der Waals surface area contributed by atoms with E-state index in [0.29, 0.717) is 18.4 Å². The van der Waals surface area contributed by atoms with Crippen molar-refractivity contribution in [3.63, 3.8) is 0 Å². The molecule has 30 heavy (non-hydrogen) atoms. The van der Waals surface area contributed by atoms with Gasteiger partial charge in [-0.3, -0.25) is 14.9 Å². The zero-order valence-electron chi connectivity index (χ0n) is 15.0. The molecule has 0 saturated carbocycles. The third-order valence-corrected chi connectivity index (χ3v) is 5.86. The van der Waals surface area contributed by atoms with Crippen molar-refractivity contribution < 1.29 is 44.7 Å². The summed E-state index contributed by atoms with van der Waals surface area (Å²) in [5, 5.41) is 20.6. The molecule has 1 amide bonds. The molecule has 0 fully saturated rings. The summed E-state index contributed by atoms with van der Waals surface area (Å²) in [6.07, 6.45) is -4.47. The number of nitro groups is 1. The number of nitrogens with one attached hydrogen (secondary N) is 1. The van der Waals surface area contributed by atoms with Crippen LogP contribution in [0, 0.1) is 10.1 Å². The van der Waals surface area contributed by atoms with Crippen molar-refractivity contribution in [2.24, 2.45) is 0 Å². The third-order valence-electron chi connectivity index (χ3n) is 3.30. The van der Waals surface area contributed by atoms with Crippen LogP contribution in [-0.4, -0.2) is 40.6 Å². The van der Waals surface area contributed by atoms with Gasteiger partial charge in [0.1, 0.15) is 0 Å². The summed E-state index contributed by atoms with van der Waals surface area (Å²) >= 11 is -5.66. The second-order valence-corrected chi connectivity index (χ2v) is 8.98. The number of hydrogen-bond acceptors (Lipinski definition) is 7. The van der Waals surface area contributed by atoms with Crippen LogP contribution < -0.4 is 9.67 Å². The molecule has 0 bridgehead atoms. The first kappa shape index (κ1) is 25.0. The molecule has 0 aliphatic carbocycles. The van der Waals surface area contributed by atoms with Crippen LogP contribution in [0.4, 0.5) is 24.5 Å². The monoisotopic (exact) mass is 494 g/mol. The average molecular weight is 494 g/mol. The van der Waals surface area contributed by atoms with Gasteiger partial charge in [0.05, 0.1) is 10.5 Å². The van der Waals surface area contributed by atoms with Crippen molar-refractivity contribution in [3.05, 3.63) is 63.7 Å². The van der Waals surface area contributed by atoms with Gasteiger partial charge in [-0.15, -0.1) is 0 Å². The Kier molecular flexibility index (Phi) is 8.48. The van der Waals surface area contributed by atoms with Gasteiger partial charge in [-0.25, -0.2) is 0 Å². The summed E-state index contributed by atoms with van der Waals surface area (Å²) < 4.78 is 61.0. The van der Waals surface area contributed by atoms with Crippen LogP contribution in [0.3, 0.4) is 0 Å². The molecule has 0 radical (unpaired) electrons. The maximum absolute atomic E-state index is 12.8. The van der Waals surface area contributed by atoms with E-state index in [1.54, 1.807) is 6.07 Å². The van der Waals surface area contributed by atoms with Gasteiger partial charge in [-0.2, -0.15) is 0 Å². The molecule has 14 heteroatoms. The van der Waals surface area contributed by atoms with Gasteiger partial charge >= 0.3 is 107 Å². The summed E-state index contributed by atoms with van der Waals surface area (Å²) in [4.78, 5) is 30.6. The van der Waals surface area contributed by atoms with E-state index in [4.69, 9.17) is 9.35 Å². The number of rotatable bonds is 5. The number of carbonyl (C=O) groups is 2. The summed E-state index contributed by atoms with van der Waals surface area (Å²) in [7, 11) is 0. The summed E-state index contributed by atoms with van der Waals surface area (Å²) in [5.74, 6) is -0.600. The largest absolute Gasteiger partial charge is 0.298 e. The fourth-order valence-corrected chi connectivity index (χ4v) is 3.86. The molecule has 10 nitrogen and oxygen atoms in total. The average Bonchev–Trinajstić information content (AvgIpc) is 2.67. The van der Waals surface area contributed by atoms with Gasteiger partial charge in [-0.05, 0) is 6.07 Å². The van der Waals surface area contributed by atoms with Crippen LogP contribution in [0.1, 0.15) is 22.8 Å². The second kappa shape index (κ2) is 10.2. The van der Waals surface area contributed by atoms with E-state index >= 15 is 0 Å². The Morgan fingerprint density at radius 3 is 2.30 bits per heavy atom. The fraction of sp³-hybridized carbons (Fsp3) is 0.125. The van der Waals surface area contributed by atoms with Gasteiger partial charge in [0.2, 0.25) is 0 Å². The van der Waals surface area contributed by atoms with Gasteiger partial charge in [0.25, 0.3) is 5.69 Å². The molecule has 2 aromatic rings. The number of aldehydes is 1. The van der Waals surface area contributed by atoms with E-state index in [2.05, 4.69) is 9.19 Å². The van der Waals surface area contributed by atoms with Crippen LogP contribution >= 0.6 is 0 Å². The predicted molar refractivity (Wildman–Crippen MR) is 96.2 cm³/mol. The molecule has 0 aliphatic rings. The zero-order chi connectivity index (χ0) is 23.1. The van der Waals surface area contributed by atoms with Crippen LogP contribution in [0.15, 0.2) is 42.5 Å². The third kappa shape index (κ3) is 6.81. The smallest absolute Gasteiger partial charge is 0.279 e. The van der Waals surface area contributed by atoms with E-state index in [1.165, 1.54) is 18.2 Å². The summed E-state index contributed by atoms with van der Waals surface area (Å²) in [6, 6.07) is 7.95. The summed E-state index contributed by atoms with van der Waals surface area (Å²) in [6.45, 7) is 1.10. The maximum Gasteiger partial charge on any atom is 0.279 e. The minimum absolute atomic E-state index is 0.109. The minimum Gasteiger partial charge on any atom is -0.298 e. The number of carbonyl (C=O) groups excluding carboxylic acids is 2. The molecule has 1 unspecified atom stereocenters. The van der Waals surface area contributed by atoms with Gasteiger partial charge in [0, 0.05) is 6.07 Å². The Bertz CT molecular complexity index is 997. The maximum atomic E-state index is 12.8. The van der Waals surface area contributed by atoms with E-state index < -0.39 is 41.1 Å². The molecule has 2 rings (SSSR count). The molecule has 0 spiro atoms. The van der Waals surface area contributed by atoms with Crippen molar-refractivity contribution in [2.75, 3.05) is 5.32 Å². The minimum atomic E-state index is -5.66. The molecule has 162 valence electrons. The first-order chi connectivity index (χ1) is 13.8. The van der Waals surface area contributed by atoms with Crippen molar-refractivity contribution in [1.29, 1.82) is 0 Å². The number of nitro benzene ring substituents is 1. The number of para-hydroxylation sites is 1. The van der Waals surface area contributed by atoms with E-state index in [9.17, 15) is 36.6 Å². The normalized spacial score (nSPS) is 12.7. The molecule has 1 atom stereocenters. The number of anilines is 1.